The Bertz CT molecular complexity index is 451. The van der Waals surface area contributed by atoms with Crippen molar-refractivity contribution in [2.75, 3.05) is 39.0 Å². The number of hydrogen-bond donors (Lipinski definition) is 2. The Hall–Kier alpha value is -0.660. The second-order valence-corrected chi connectivity index (χ2v) is 9.16. The van der Waals surface area contributed by atoms with Crippen molar-refractivity contribution < 1.29 is 13.2 Å². The van der Waals surface area contributed by atoms with Crippen LogP contribution in [-0.2, 0) is 14.6 Å². The molecule has 1 heterocycles. The molecule has 0 aliphatic carbocycles. The van der Waals surface area contributed by atoms with Crippen molar-refractivity contribution in [2.24, 2.45) is 0 Å². The van der Waals surface area contributed by atoms with E-state index in [9.17, 15) is 13.2 Å². The van der Waals surface area contributed by atoms with Gasteiger partial charge in [0, 0.05) is 39.0 Å². The van der Waals surface area contributed by atoms with Gasteiger partial charge >= 0.3 is 0 Å². The summed E-state index contributed by atoms with van der Waals surface area (Å²) in [5.41, 5.74) is -0.629. The van der Waals surface area contributed by atoms with E-state index < -0.39 is 20.1 Å². The maximum Gasteiger partial charge on any atom is 0.240 e. The molecule has 1 rings (SSSR count). The third-order valence-corrected chi connectivity index (χ3v) is 6.29. The molecule has 0 saturated carbocycles. The summed E-state index contributed by atoms with van der Waals surface area (Å²) in [5.74, 6) is -0.129. The van der Waals surface area contributed by atoms with Gasteiger partial charge in [-0.3, -0.25) is 9.69 Å². The molecule has 1 aliphatic rings. The van der Waals surface area contributed by atoms with Crippen LogP contribution in [0.25, 0.3) is 0 Å². The smallest absolute Gasteiger partial charge is 0.240 e. The van der Waals surface area contributed by atoms with Crippen LogP contribution in [0.2, 0.25) is 0 Å². The highest BCUT2D eigenvalue weighted by Crippen LogP contribution is 2.17. The molecule has 0 aromatic rings. The van der Waals surface area contributed by atoms with Crippen LogP contribution in [0.1, 0.15) is 27.7 Å². The maximum atomic E-state index is 12.4. The summed E-state index contributed by atoms with van der Waals surface area (Å²) >= 11 is 0. The molecular formula is C13H27N3O3S. The van der Waals surface area contributed by atoms with Gasteiger partial charge in [-0.05, 0) is 27.7 Å². The van der Waals surface area contributed by atoms with Gasteiger partial charge in [0.25, 0.3) is 0 Å². The summed E-state index contributed by atoms with van der Waals surface area (Å²) in [7, 11) is -3.21. The molecule has 1 fully saturated rings. The summed E-state index contributed by atoms with van der Waals surface area (Å²) in [6, 6.07) is 0. The largest absolute Gasteiger partial charge is 0.353 e. The summed E-state index contributed by atoms with van der Waals surface area (Å²) < 4.78 is 22.3. The molecule has 0 bridgehead atoms. The molecule has 2 N–H and O–H groups in total. The number of carbonyl (C=O) groups is 1. The Morgan fingerprint density at radius 3 is 2.15 bits per heavy atom. The number of nitrogens with one attached hydrogen (secondary N) is 2. The van der Waals surface area contributed by atoms with Gasteiger partial charge in [-0.25, -0.2) is 8.42 Å². The van der Waals surface area contributed by atoms with Crippen molar-refractivity contribution in [3.63, 3.8) is 0 Å². The molecule has 20 heavy (non-hydrogen) atoms. The first-order chi connectivity index (χ1) is 8.98. The Labute approximate surface area is 122 Å². The Morgan fingerprint density at radius 1 is 1.20 bits per heavy atom. The number of nitrogens with zero attached hydrogens (tertiary/aromatic N) is 1. The molecule has 0 radical (unpaired) electrons. The normalized spacial score (nSPS) is 18.9. The molecule has 118 valence electrons. The second-order valence-electron chi connectivity index (χ2n) is 6.51. The molecular weight excluding hydrogens is 278 g/mol. The molecule has 1 amide bonds. The first-order valence-electron chi connectivity index (χ1n) is 6.92. The Kier molecular flexibility index (Phi) is 5.21. The lowest BCUT2D eigenvalue weighted by molar-refractivity contribution is -0.132. The van der Waals surface area contributed by atoms with Gasteiger partial charge in [0.05, 0.1) is 10.3 Å². The van der Waals surface area contributed by atoms with Crippen LogP contribution in [0.3, 0.4) is 0 Å². The SMILES string of the molecule is CC(C)(C(=O)NCC(C)(C)S(C)(=O)=O)N1CCNCC1. The standard InChI is InChI=1S/C13H27N3O3S/c1-12(2,20(5,18)19)10-15-11(17)13(3,4)16-8-6-14-7-9-16/h14H,6-10H2,1-5H3,(H,15,17). The topological polar surface area (TPSA) is 78.5 Å². The average Bonchev–Trinajstić information content (AvgIpc) is 2.35. The lowest BCUT2D eigenvalue weighted by Crippen LogP contribution is -2.61. The third kappa shape index (κ3) is 3.93. The highest BCUT2D eigenvalue weighted by molar-refractivity contribution is 7.92. The van der Waals surface area contributed by atoms with E-state index in [-0.39, 0.29) is 12.5 Å². The highest BCUT2D eigenvalue weighted by Gasteiger charge is 2.37. The van der Waals surface area contributed by atoms with E-state index in [0.717, 1.165) is 26.2 Å². The van der Waals surface area contributed by atoms with Gasteiger partial charge in [-0.15, -0.1) is 0 Å². The van der Waals surface area contributed by atoms with Crippen LogP contribution in [-0.4, -0.2) is 68.5 Å². The molecule has 6 nitrogen and oxygen atoms in total. The highest BCUT2D eigenvalue weighted by atomic mass is 32.2. The number of amides is 1. The van der Waals surface area contributed by atoms with Gasteiger partial charge in [0.2, 0.25) is 5.91 Å². The summed E-state index contributed by atoms with van der Waals surface area (Å²) in [6.45, 7) is 10.5. The van der Waals surface area contributed by atoms with E-state index in [0.29, 0.717) is 0 Å². The molecule has 0 aromatic heterocycles. The van der Waals surface area contributed by atoms with Crippen molar-refractivity contribution in [1.82, 2.24) is 15.5 Å². The fraction of sp³-hybridized carbons (Fsp3) is 0.923. The molecule has 1 saturated heterocycles. The molecule has 0 spiro atoms. The lowest BCUT2D eigenvalue weighted by atomic mass is 10.00. The molecule has 0 unspecified atom stereocenters. The molecule has 0 aromatic carbocycles. The van der Waals surface area contributed by atoms with E-state index in [1.165, 1.54) is 6.26 Å². The minimum Gasteiger partial charge on any atom is -0.353 e. The van der Waals surface area contributed by atoms with Crippen molar-refractivity contribution in [1.29, 1.82) is 0 Å². The molecule has 0 atom stereocenters. The number of piperazine rings is 1. The van der Waals surface area contributed by atoms with Crippen LogP contribution in [0.5, 0.6) is 0 Å². The fourth-order valence-electron chi connectivity index (χ4n) is 2.01. The lowest BCUT2D eigenvalue weighted by Gasteiger charge is -2.40. The zero-order valence-electron chi connectivity index (χ0n) is 13.1. The van der Waals surface area contributed by atoms with E-state index >= 15 is 0 Å². The van der Waals surface area contributed by atoms with Crippen molar-refractivity contribution in [3.05, 3.63) is 0 Å². The predicted octanol–water partition coefficient (Wildman–Crippen LogP) is -0.390. The predicted molar refractivity (Wildman–Crippen MR) is 80.5 cm³/mol. The fourth-order valence-corrected chi connectivity index (χ4v) is 2.34. The van der Waals surface area contributed by atoms with E-state index in [1.807, 2.05) is 13.8 Å². The number of hydrogen-bond acceptors (Lipinski definition) is 5. The summed E-state index contributed by atoms with van der Waals surface area (Å²) in [4.78, 5) is 14.5. The van der Waals surface area contributed by atoms with E-state index in [4.69, 9.17) is 0 Å². The van der Waals surface area contributed by atoms with Crippen molar-refractivity contribution in [2.45, 2.75) is 38.0 Å². The monoisotopic (exact) mass is 305 g/mol. The summed E-state index contributed by atoms with van der Waals surface area (Å²) in [6.07, 6.45) is 1.20. The van der Waals surface area contributed by atoms with Gasteiger partial charge < -0.3 is 10.6 Å². The minimum atomic E-state index is -3.21. The number of rotatable bonds is 5. The Balaban J connectivity index is 2.66. The number of sulfone groups is 1. The molecule has 1 aliphatic heterocycles. The quantitative estimate of drug-likeness (QED) is 0.723. The van der Waals surface area contributed by atoms with Gasteiger partial charge in [0.15, 0.2) is 9.84 Å². The minimum absolute atomic E-state index is 0.125. The zero-order valence-corrected chi connectivity index (χ0v) is 13.9. The van der Waals surface area contributed by atoms with E-state index in [1.54, 1.807) is 13.8 Å². The van der Waals surface area contributed by atoms with Crippen LogP contribution >= 0.6 is 0 Å². The second kappa shape index (κ2) is 5.99. The zero-order chi connectivity index (χ0) is 15.6. The average molecular weight is 305 g/mol. The van der Waals surface area contributed by atoms with Gasteiger partial charge in [-0.1, -0.05) is 0 Å². The van der Waals surface area contributed by atoms with Gasteiger partial charge in [-0.2, -0.15) is 0 Å². The van der Waals surface area contributed by atoms with Crippen molar-refractivity contribution >= 4 is 15.7 Å². The van der Waals surface area contributed by atoms with Crippen molar-refractivity contribution in [3.8, 4) is 0 Å². The van der Waals surface area contributed by atoms with Gasteiger partial charge in [0.1, 0.15) is 0 Å². The van der Waals surface area contributed by atoms with Crippen LogP contribution in [0, 0.1) is 0 Å². The summed E-state index contributed by atoms with van der Waals surface area (Å²) in [5, 5.41) is 6.04. The first kappa shape index (κ1) is 17.4. The third-order valence-electron chi connectivity index (χ3n) is 4.14. The maximum absolute atomic E-state index is 12.4. The van der Waals surface area contributed by atoms with E-state index in [2.05, 4.69) is 15.5 Å². The first-order valence-corrected chi connectivity index (χ1v) is 8.81. The van der Waals surface area contributed by atoms with Crippen LogP contribution in [0.4, 0.5) is 0 Å². The Morgan fingerprint density at radius 2 is 1.70 bits per heavy atom. The van der Waals surface area contributed by atoms with Crippen LogP contribution in [0.15, 0.2) is 0 Å². The van der Waals surface area contributed by atoms with Crippen LogP contribution < -0.4 is 10.6 Å². The molecule has 7 heteroatoms. The number of carbonyl (C=O) groups excluding carboxylic acids is 1.